The van der Waals surface area contributed by atoms with Crippen molar-refractivity contribution >= 4 is 30.9 Å². The van der Waals surface area contributed by atoms with Crippen LogP contribution in [0.25, 0.3) is 11.2 Å². The number of nitrogens with zero attached hydrogens (tertiary/aromatic N) is 6. The highest BCUT2D eigenvalue weighted by molar-refractivity contribution is 7.53. The smallest absolute Gasteiger partial charge is 0.355 e. The Hall–Kier alpha value is -1.87. The summed E-state index contributed by atoms with van der Waals surface area (Å²) in [7, 11) is -0.510. The van der Waals surface area contributed by atoms with Crippen LogP contribution in [0.1, 0.15) is 13.8 Å². The standard InChI is InChI=1S/C15H25N6O4P/c1-5-20(6-2)10-19-14-13-15(17-9-16-14)21(11-18-13)7-8-25-12-26(22,23-3)24-4/h9-11H,5-8,12H2,1-4H3/b19-10-. The number of aliphatic imine (C=N–C) groups is 1. The monoisotopic (exact) mass is 384 g/mol. The molecule has 2 heterocycles. The van der Waals surface area contributed by atoms with Crippen molar-refractivity contribution in [1.29, 1.82) is 0 Å². The summed E-state index contributed by atoms with van der Waals surface area (Å²) in [4.78, 5) is 19.3. The van der Waals surface area contributed by atoms with Gasteiger partial charge in [0.15, 0.2) is 17.0 Å². The van der Waals surface area contributed by atoms with Gasteiger partial charge in [-0.1, -0.05) is 0 Å². The number of ether oxygens (including phenoxy) is 1. The molecule has 0 N–H and O–H groups in total. The van der Waals surface area contributed by atoms with Gasteiger partial charge in [0.1, 0.15) is 12.7 Å². The van der Waals surface area contributed by atoms with Gasteiger partial charge in [0, 0.05) is 33.9 Å². The number of fused-ring (bicyclic) bond motifs is 1. The molecule has 0 spiro atoms. The highest BCUT2D eigenvalue weighted by Crippen LogP contribution is 2.45. The van der Waals surface area contributed by atoms with Crippen LogP contribution in [0.15, 0.2) is 17.6 Å². The van der Waals surface area contributed by atoms with Gasteiger partial charge in [-0.15, -0.1) is 0 Å². The molecule has 2 aromatic rings. The van der Waals surface area contributed by atoms with E-state index in [1.54, 1.807) is 12.7 Å². The first-order valence-corrected chi connectivity index (χ1v) is 10.0. The maximum Gasteiger partial charge on any atom is 0.355 e. The molecule has 0 atom stereocenters. The van der Waals surface area contributed by atoms with Crippen LogP contribution in [0.3, 0.4) is 0 Å². The molecule has 2 aromatic heterocycles. The van der Waals surface area contributed by atoms with Crippen LogP contribution in [0.2, 0.25) is 0 Å². The zero-order chi connectivity index (χ0) is 19.0. The van der Waals surface area contributed by atoms with Gasteiger partial charge in [-0.05, 0) is 13.8 Å². The summed E-state index contributed by atoms with van der Waals surface area (Å²) in [5.74, 6) is 0.518. The summed E-state index contributed by atoms with van der Waals surface area (Å²) < 4.78 is 28.8. The molecule has 26 heavy (non-hydrogen) atoms. The van der Waals surface area contributed by atoms with Crippen LogP contribution in [0.4, 0.5) is 5.82 Å². The molecule has 0 aliphatic carbocycles. The predicted molar refractivity (Wildman–Crippen MR) is 98.8 cm³/mol. The molecule has 0 saturated carbocycles. The van der Waals surface area contributed by atoms with E-state index in [0.717, 1.165) is 13.1 Å². The van der Waals surface area contributed by atoms with E-state index < -0.39 is 7.60 Å². The Kier molecular flexibility index (Phi) is 7.65. The lowest BCUT2D eigenvalue weighted by molar-refractivity contribution is 0.139. The lowest BCUT2D eigenvalue weighted by Crippen LogP contribution is -2.20. The van der Waals surface area contributed by atoms with Gasteiger partial charge in [-0.2, -0.15) is 0 Å². The van der Waals surface area contributed by atoms with Gasteiger partial charge in [0.25, 0.3) is 0 Å². The fourth-order valence-corrected chi connectivity index (χ4v) is 2.88. The Bertz CT molecular complexity index is 769. The second-order valence-corrected chi connectivity index (χ2v) is 7.50. The second kappa shape index (κ2) is 9.72. The minimum atomic E-state index is -3.16. The molecule has 0 fully saturated rings. The number of imidazole rings is 1. The van der Waals surface area contributed by atoms with Crippen LogP contribution in [-0.2, 0) is 24.9 Å². The summed E-state index contributed by atoms with van der Waals surface area (Å²) in [6, 6.07) is 0. The topological polar surface area (TPSA) is 104 Å². The summed E-state index contributed by atoms with van der Waals surface area (Å²) in [5, 5.41) is 0. The van der Waals surface area contributed by atoms with Crippen molar-refractivity contribution in [3.63, 3.8) is 0 Å². The fourth-order valence-electron chi connectivity index (χ4n) is 2.17. The van der Waals surface area contributed by atoms with Crippen molar-refractivity contribution in [1.82, 2.24) is 24.4 Å². The van der Waals surface area contributed by atoms with Gasteiger partial charge in [0.05, 0.1) is 19.3 Å². The third kappa shape index (κ3) is 5.07. The molecule has 144 valence electrons. The van der Waals surface area contributed by atoms with Crippen LogP contribution in [0.5, 0.6) is 0 Å². The Balaban J connectivity index is 2.04. The first-order chi connectivity index (χ1) is 12.6. The zero-order valence-electron chi connectivity index (χ0n) is 15.5. The average molecular weight is 384 g/mol. The Labute approximate surface area is 152 Å². The Morgan fingerprint density at radius 2 is 1.96 bits per heavy atom. The minimum absolute atomic E-state index is 0.110. The molecule has 0 aliphatic rings. The van der Waals surface area contributed by atoms with E-state index in [-0.39, 0.29) is 6.35 Å². The average Bonchev–Trinajstić information content (AvgIpc) is 3.09. The SMILES string of the molecule is CCN(/C=N\c1ncnc2c1ncn2CCOCP(=O)(OC)OC)CC. The zero-order valence-corrected chi connectivity index (χ0v) is 16.4. The molecule has 11 heteroatoms. The molecular formula is C15H25N6O4P. The van der Waals surface area contributed by atoms with Crippen LogP contribution in [-0.4, -0.2) is 71.0 Å². The van der Waals surface area contributed by atoms with Gasteiger partial charge in [-0.25, -0.2) is 19.9 Å². The normalized spacial score (nSPS) is 12.3. The molecule has 2 rings (SSSR count). The molecule has 0 unspecified atom stereocenters. The predicted octanol–water partition coefficient (Wildman–Crippen LogP) is 2.29. The highest BCUT2D eigenvalue weighted by Gasteiger charge is 2.21. The Morgan fingerprint density at radius 1 is 1.23 bits per heavy atom. The third-order valence-electron chi connectivity index (χ3n) is 3.82. The summed E-state index contributed by atoms with van der Waals surface area (Å²) in [6.45, 7) is 6.65. The molecule has 0 aliphatic heterocycles. The lowest BCUT2D eigenvalue weighted by atomic mass is 10.5. The molecule has 0 aromatic carbocycles. The van der Waals surface area contributed by atoms with E-state index >= 15 is 0 Å². The summed E-state index contributed by atoms with van der Waals surface area (Å²) in [6.07, 6.45) is 4.77. The molecule has 10 nitrogen and oxygen atoms in total. The molecule has 0 radical (unpaired) electrons. The lowest BCUT2D eigenvalue weighted by Gasteiger charge is -2.13. The molecular weight excluding hydrogens is 359 g/mol. The van der Waals surface area contributed by atoms with E-state index in [0.29, 0.717) is 30.1 Å². The fraction of sp³-hybridized carbons (Fsp3) is 0.600. The van der Waals surface area contributed by atoms with Crippen LogP contribution in [0, 0.1) is 0 Å². The summed E-state index contributed by atoms with van der Waals surface area (Å²) in [5.41, 5.74) is 1.28. The van der Waals surface area contributed by atoms with Gasteiger partial charge in [-0.3, -0.25) is 4.57 Å². The maximum absolute atomic E-state index is 11.9. The maximum atomic E-state index is 11.9. The van der Waals surface area contributed by atoms with Crippen molar-refractivity contribution in [3.05, 3.63) is 12.7 Å². The van der Waals surface area contributed by atoms with Crippen molar-refractivity contribution in [2.75, 3.05) is 40.3 Å². The van der Waals surface area contributed by atoms with Crippen LogP contribution < -0.4 is 0 Å². The molecule has 0 saturated heterocycles. The number of rotatable bonds is 11. The Morgan fingerprint density at radius 3 is 2.62 bits per heavy atom. The van der Waals surface area contributed by atoms with Crippen LogP contribution >= 0.6 is 7.60 Å². The van der Waals surface area contributed by atoms with E-state index in [2.05, 4.69) is 38.7 Å². The van der Waals surface area contributed by atoms with E-state index in [9.17, 15) is 4.57 Å². The van der Waals surface area contributed by atoms with Gasteiger partial charge in [0.2, 0.25) is 0 Å². The first kappa shape index (κ1) is 20.4. The highest BCUT2D eigenvalue weighted by atomic mass is 31.2. The van der Waals surface area contributed by atoms with Crippen molar-refractivity contribution in [3.8, 4) is 0 Å². The third-order valence-corrected chi connectivity index (χ3v) is 5.43. The number of aromatic nitrogens is 4. The number of hydrogen-bond acceptors (Lipinski definition) is 8. The van der Waals surface area contributed by atoms with E-state index in [1.807, 2.05) is 4.57 Å². The summed E-state index contributed by atoms with van der Waals surface area (Å²) >= 11 is 0. The largest absolute Gasteiger partial charge is 0.367 e. The number of hydrogen-bond donors (Lipinski definition) is 0. The van der Waals surface area contributed by atoms with E-state index in [1.165, 1.54) is 20.5 Å². The van der Waals surface area contributed by atoms with E-state index in [4.69, 9.17) is 13.8 Å². The minimum Gasteiger partial charge on any atom is -0.367 e. The van der Waals surface area contributed by atoms with Gasteiger partial charge < -0.3 is 23.3 Å². The second-order valence-electron chi connectivity index (χ2n) is 5.29. The van der Waals surface area contributed by atoms with Gasteiger partial charge >= 0.3 is 7.60 Å². The van der Waals surface area contributed by atoms with Crippen molar-refractivity contribution in [2.45, 2.75) is 20.4 Å². The van der Waals surface area contributed by atoms with Crippen molar-refractivity contribution in [2.24, 2.45) is 4.99 Å². The molecule has 0 bridgehead atoms. The molecule has 0 amide bonds. The quantitative estimate of drug-likeness (QED) is 0.252. The first-order valence-electron chi connectivity index (χ1n) is 8.29. The van der Waals surface area contributed by atoms with Crippen molar-refractivity contribution < 1.29 is 18.3 Å².